The second-order valence-corrected chi connectivity index (χ2v) is 9.38. The maximum atomic E-state index is 12.6. The fourth-order valence-corrected chi connectivity index (χ4v) is 5.28. The summed E-state index contributed by atoms with van der Waals surface area (Å²) in [6, 6.07) is 14.2. The Morgan fingerprint density at radius 3 is 2.65 bits per heavy atom. The lowest BCUT2D eigenvalue weighted by Crippen LogP contribution is -2.12. The molecule has 0 aliphatic heterocycles. The predicted molar refractivity (Wildman–Crippen MR) is 106 cm³/mol. The first-order valence-corrected chi connectivity index (χ1v) is 10.4. The summed E-state index contributed by atoms with van der Waals surface area (Å²) in [6.07, 6.45) is 3.80. The van der Waals surface area contributed by atoms with E-state index in [0.29, 0.717) is 21.3 Å². The van der Waals surface area contributed by atoms with Crippen LogP contribution in [0.25, 0.3) is 16.9 Å². The van der Waals surface area contributed by atoms with E-state index in [9.17, 15) is 8.42 Å². The van der Waals surface area contributed by atoms with Gasteiger partial charge in [0.15, 0.2) is 0 Å². The van der Waals surface area contributed by atoms with Crippen LogP contribution in [0.3, 0.4) is 0 Å². The van der Waals surface area contributed by atoms with Gasteiger partial charge in [0.2, 0.25) is 0 Å². The van der Waals surface area contributed by atoms with Crippen LogP contribution in [-0.2, 0) is 10.0 Å². The second kappa shape index (κ2) is 6.42. The van der Waals surface area contributed by atoms with Crippen LogP contribution in [0.15, 0.2) is 65.1 Å². The summed E-state index contributed by atoms with van der Waals surface area (Å²) in [5.41, 5.74) is 3.76. The third kappa shape index (κ3) is 3.09. The Hall–Kier alpha value is -2.35. The summed E-state index contributed by atoms with van der Waals surface area (Å²) in [5, 5.41) is 0. The average molecular weight is 404 g/mol. The van der Waals surface area contributed by atoms with Gasteiger partial charge in [-0.15, -0.1) is 11.3 Å². The number of fused-ring (bicyclic) bond motifs is 1. The minimum Gasteiger partial charge on any atom is -0.306 e. The molecule has 0 saturated carbocycles. The van der Waals surface area contributed by atoms with Crippen molar-refractivity contribution in [1.29, 1.82) is 0 Å². The highest BCUT2D eigenvalue weighted by Gasteiger charge is 2.19. The summed E-state index contributed by atoms with van der Waals surface area (Å²) in [6.45, 7) is 1.99. The molecule has 132 valence electrons. The van der Waals surface area contributed by atoms with Gasteiger partial charge >= 0.3 is 0 Å². The van der Waals surface area contributed by atoms with Gasteiger partial charge in [0.05, 0.1) is 15.7 Å². The third-order valence-electron chi connectivity index (χ3n) is 3.94. The Morgan fingerprint density at radius 1 is 1.12 bits per heavy atom. The molecule has 0 radical (unpaired) electrons. The minimum atomic E-state index is -3.71. The number of halogens is 1. The first-order chi connectivity index (χ1) is 12.4. The smallest absolute Gasteiger partial charge is 0.271 e. The lowest BCUT2D eigenvalue weighted by molar-refractivity contribution is 0.603. The van der Waals surface area contributed by atoms with Gasteiger partial charge in [0.25, 0.3) is 10.0 Å². The molecular formula is C18H14ClN3O2S2. The van der Waals surface area contributed by atoms with E-state index >= 15 is 0 Å². The maximum absolute atomic E-state index is 12.6. The molecule has 0 bridgehead atoms. The standard InChI is InChI=1S/C18H14ClN3O2S2/c1-12-5-4-10-22-11-15(20-18(12)22)13-6-2-3-7-14(13)21-26(23,24)17-9-8-16(19)25-17/h2-11,21H,1H3. The Morgan fingerprint density at radius 2 is 1.92 bits per heavy atom. The van der Waals surface area contributed by atoms with Crippen LogP contribution in [0.5, 0.6) is 0 Å². The van der Waals surface area contributed by atoms with Gasteiger partial charge < -0.3 is 4.40 Å². The first-order valence-electron chi connectivity index (χ1n) is 7.76. The molecule has 3 heterocycles. The molecule has 0 atom stereocenters. The summed E-state index contributed by atoms with van der Waals surface area (Å²) in [7, 11) is -3.71. The van der Waals surface area contributed by atoms with Crippen molar-refractivity contribution in [1.82, 2.24) is 9.38 Å². The fraction of sp³-hybridized carbons (Fsp3) is 0.0556. The zero-order valence-electron chi connectivity index (χ0n) is 13.7. The molecule has 8 heteroatoms. The number of pyridine rings is 1. The van der Waals surface area contributed by atoms with Crippen LogP contribution in [0.4, 0.5) is 5.69 Å². The SMILES string of the molecule is Cc1cccn2cc(-c3ccccc3NS(=O)(=O)c3ccc(Cl)s3)nc12. The number of hydrogen-bond acceptors (Lipinski definition) is 4. The van der Waals surface area contributed by atoms with Crippen molar-refractivity contribution in [3.8, 4) is 11.3 Å². The number of aryl methyl sites for hydroxylation is 1. The zero-order chi connectivity index (χ0) is 18.3. The van der Waals surface area contributed by atoms with Crippen LogP contribution in [0.1, 0.15) is 5.56 Å². The summed E-state index contributed by atoms with van der Waals surface area (Å²) < 4.78 is 30.4. The number of rotatable bonds is 4. The average Bonchev–Trinajstić information content (AvgIpc) is 3.22. The lowest BCUT2D eigenvalue weighted by Gasteiger charge is -2.10. The molecule has 1 aromatic carbocycles. The predicted octanol–water partition coefficient (Wildman–Crippen LogP) is 4.83. The number of imidazole rings is 1. The van der Waals surface area contributed by atoms with E-state index < -0.39 is 10.0 Å². The van der Waals surface area contributed by atoms with Crippen molar-refractivity contribution >= 4 is 44.3 Å². The van der Waals surface area contributed by atoms with Crippen LogP contribution in [-0.4, -0.2) is 17.8 Å². The summed E-state index contributed by atoms with van der Waals surface area (Å²) in [4.78, 5) is 4.66. The number of thiophene rings is 1. The van der Waals surface area contributed by atoms with Gasteiger partial charge in [-0.1, -0.05) is 35.9 Å². The molecule has 3 aromatic heterocycles. The molecule has 26 heavy (non-hydrogen) atoms. The quantitative estimate of drug-likeness (QED) is 0.531. The number of benzene rings is 1. The summed E-state index contributed by atoms with van der Waals surface area (Å²) >= 11 is 6.89. The molecule has 0 fully saturated rings. The van der Waals surface area contributed by atoms with Gasteiger partial charge in [-0.2, -0.15) is 0 Å². The normalized spacial score (nSPS) is 11.8. The van der Waals surface area contributed by atoms with Crippen LogP contribution < -0.4 is 4.72 Å². The number of nitrogens with zero attached hydrogens (tertiary/aromatic N) is 2. The Bertz CT molecular complexity index is 1210. The van der Waals surface area contributed by atoms with Crippen LogP contribution in [0.2, 0.25) is 4.34 Å². The van der Waals surface area contributed by atoms with Crippen molar-refractivity contribution in [2.24, 2.45) is 0 Å². The highest BCUT2D eigenvalue weighted by atomic mass is 35.5. The zero-order valence-corrected chi connectivity index (χ0v) is 16.1. The molecular weight excluding hydrogens is 390 g/mol. The fourth-order valence-electron chi connectivity index (χ4n) is 2.72. The second-order valence-electron chi connectivity index (χ2n) is 5.76. The van der Waals surface area contributed by atoms with E-state index in [2.05, 4.69) is 9.71 Å². The van der Waals surface area contributed by atoms with Gasteiger partial charge in [0.1, 0.15) is 9.86 Å². The molecule has 0 unspecified atom stereocenters. The van der Waals surface area contributed by atoms with Gasteiger partial charge in [0, 0.05) is 18.0 Å². The van der Waals surface area contributed by atoms with Crippen molar-refractivity contribution in [2.45, 2.75) is 11.1 Å². The Labute approximate surface area is 160 Å². The molecule has 1 N–H and O–H groups in total. The van der Waals surface area contributed by atoms with Crippen molar-refractivity contribution in [3.63, 3.8) is 0 Å². The highest BCUT2D eigenvalue weighted by molar-refractivity contribution is 7.94. The van der Waals surface area contributed by atoms with E-state index in [4.69, 9.17) is 11.6 Å². The largest absolute Gasteiger partial charge is 0.306 e. The van der Waals surface area contributed by atoms with Crippen molar-refractivity contribution in [2.75, 3.05) is 4.72 Å². The van der Waals surface area contributed by atoms with E-state index in [0.717, 1.165) is 22.5 Å². The van der Waals surface area contributed by atoms with Gasteiger partial charge in [-0.3, -0.25) is 4.72 Å². The van der Waals surface area contributed by atoms with Crippen molar-refractivity contribution < 1.29 is 8.42 Å². The number of aromatic nitrogens is 2. The number of hydrogen-bond donors (Lipinski definition) is 1. The number of sulfonamides is 1. The minimum absolute atomic E-state index is 0.170. The van der Waals surface area contributed by atoms with Gasteiger partial charge in [-0.25, -0.2) is 13.4 Å². The van der Waals surface area contributed by atoms with Crippen LogP contribution in [0, 0.1) is 6.92 Å². The first kappa shape index (κ1) is 17.1. The topological polar surface area (TPSA) is 63.5 Å². The number of nitrogens with one attached hydrogen (secondary N) is 1. The lowest BCUT2D eigenvalue weighted by atomic mass is 10.1. The molecule has 0 aliphatic carbocycles. The molecule has 0 spiro atoms. The van der Waals surface area contributed by atoms with E-state index in [-0.39, 0.29) is 4.21 Å². The van der Waals surface area contributed by atoms with E-state index in [1.54, 1.807) is 18.2 Å². The molecule has 0 saturated heterocycles. The van der Waals surface area contributed by atoms with Gasteiger partial charge in [-0.05, 0) is 36.8 Å². The third-order valence-corrected chi connectivity index (χ3v) is 7.03. The van der Waals surface area contributed by atoms with E-state index in [1.807, 2.05) is 48.0 Å². The highest BCUT2D eigenvalue weighted by Crippen LogP contribution is 2.32. The Balaban J connectivity index is 1.78. The monoisotopic (exact) mass is 403 g/mol. The summed E-state index contributed by atoms with van der Waals surface area (Å²) in [5.74, 6) is 0. The molecule has 4 aromatic rings. The molecule has 0 amide bonds. The van der Waals surface area contributed by atoms with Crippen LogP contribution >= 0.6 is 22.9 Å². The Kier molecular flexibility index (Phi) is 4.22. The molecule has 0 aliphatic rings. The van der Waals surface area contributed by atoms with Crippen molar-refractivity contribution in [3.05, 3.63) is 70.8 Å². The maximum Gasteiger partial charge on any atom is 0.271 e. The number of anilines is 1. The molecule has 4 rings (SSSR count). The van der Waals surface area contributed by atoms with E-state index in [1.165, 1.54) is 6.07 Å². The molecule has 5 nitrogen and oxygen atoms in total. The number of para-hydroxylation sites is 1.